The number of rotatable bonds is 3. The SMILES string of the molecule is Cc1cc2c(N3CCC(CO)CC3)nc(NN)nc2s1. The van der Waals surface area contributed by atoms with Crippen LogP contribution in [-0.2, 0) is 0 Å². The molecule has 3 rings (SSSR count). The molecule has 0 aliphatic carbocycles. The van der Waals surface area contributed by atoms with Gasteiger partial charge in [-0.25, -0.2) is 10.8 Å². The van der Waals surface area contributed by atoms with Crippen LogP contribution in [0.25, 0.3) is 10.2 Å². The highest BCUT2D eigenvalue weighted by atomic mass is 32.1. The first-order valence-corrected chi connectivity index (χ1v) is 7.63. The van der Waals surface area contributed by atoms with E-state index in [0.717, 1.165) is 42.0 Å². The van der Waals surface area contributed by atoms with Gasteiger partial charge in [0.2, 0.25) is 5.95 Å². The molecule has 3 heterocycles. The van der Waals surface area contributed by atoms with Gasteiger partial charge in [0.1, 0.15) is 10.6 Å². The van der Waals surface area contributed by atoms with Crippen LogP contribution in [-0.4, -0.2) is 34.8 Å². The van der Waals surface area contributed by atoms with Gasteiger partial charge in [0, 0.05) is 24.6 Å². The molecule has 20 heavy (non-hydrogen) atoms. The second kappa shape index (κ2) is 5.51. The van der Waals surface area contributed by atoms with Crippen LogP contribution in [0.3, 0.4) is 0 Å². The number of aryl methyl sites for hydroxylation is 1. The molecule has 0 spiro atoms. The number of nitrogens with zero attached hydrogens (tertiary/aromatic N) is 3. The van der Waals surface area contributed by atoms with Crippen LogP contribution in [0, 0.1) is 12.8 Å². The van der Waals surface area contributed by atoms with Gasteiger partial charge >= 0.3 is 0 Å². The minimum Gasteiger partial charge on any atom is -0.396 e. The molecule has 0 amide bonds. The van der Waals surface area contributed by atoms with Gasteiger partial charge in [0.25, 0.3) is 0 Å². The van der Waals surface area contributed by atoms with Crippen molar-refractivity contribution in [1.29, 1.82) is 0 Å². The van der Waals surface area contributed by atoms with Gasteiger partial charge in [-0.2, -0.15) is 4.98 Å². The first kappa shape index (κ1) is 13.5. The summed E-state index contributed by atoms with van der Waals surface area (Å²) in [5.41, 5.74) is 2.55. The minimum absolute atomic E-state index is 0.278. The number of nitrogens with two attached hydrogens (primary N) is 1. The van der Waals surface area contributed by atoms with E-state index in [4.69, 9.17) is 5.84 Å². The lowest BCUT2D eigenvalue weighted by Crippen LogP contribution is -2.35. The standard InChI is InChI=1S/C13H19N5OS/c1-8-6-10-11(15-13(17-14)16-12(10)20-8)18-4-2-9(7-19)3-5-18/h6,9,19H,2-5,7,14H2,1H3,(H,15,16,17). The highest BCUT2D eigenvalue weighted by molar-refractivity contribution is 7.18. The summed E-state index contributed by atoms with van der Waals surface area (Å²) in [7, 11) is 0. The third-order valence-electron chi connectivity index (χ3n) is 3.80. The van der Waals surface area contributed by atoms with E-state index >= 15 is 0 Å². The van der Waals surface area contributed by atoms with Crippen LogP contribution in [0.1, 0.15) is 17.7 Å². The predicted molar refractivity (Wildman–Crippen MR) is 82.0 cm³/mol. The quantitative estimate of drug-likeness (QED) is 0.587. The Morgan fingerprint density at radius 1 is 1.45 bits per heavy atom. The Balaban J connectivity index is 1.97. The predicted octanol–water partition coefficient (Wildman–Crippen LogP) is 1.49. The molecule has 1 aliphatic rings. The molecule has 2 aromatic rings. The third-order valence-corrected chi connectivity index (χ3v) is 4.74. The lowest BCUT2D eigenvalue weighted by atomic mass is 9.98. The topological polar surface area (TPSA) is 87.3 Å². The molecular formula is C13H19N5OS. The second-order valence-electron chi connectivity index (χ2n) is 5.20. The Hall–Kier alpha value is -1.44. The fourth-order valence-electron chi connectivity index (χ4n) is 2.66. The highest BCUT2D eigenvalue weighted by Crippen LogP contribution is 2.33. The van der Waals surface area contributed by atoms with Gasteiger partial charge < -0.3 is 10.0 Å². The van der Waals surface area contributed by atoms with Crippen LogP contribution in [0.2, 0.25) is 0 Å². The molecule has 7 heteroatoms. The van der Waals surface area contributed by atoms with Crippen molar-refractivity contribution in [2.45, 2.75) is 19.8 Å². The number of thiophene rings is 1. The lowest BCUT2D eigenvalue weighted by Gasteiger charge is -2.32. The Morgan fingerprint density at radius 3 is 2.85 bits per heavy atom. The number of piperidine rings is 1. The monoisotopic (exact) mass is 293 g/mol. The number of hydrazine groups is 1. The summed E-state index contributed by atoms with van der Waals surface area (Å²) in [6.07, 6.45) is 1.99. The summed E-state index contributed by atoms with van der Waals surface area (Å²) in [5.74, 6) is 7.29. The maximum atomic E-state index is 9.24. The number of fused-ring (bicyclic) bond motifs is 1. The van der Waals surface area contributed by atoms with Crippen LogP contribution in [0.4, 0.5) is 11.8 Å². The van der Waals surface area contributed by atoms with Crippen molar-refractivity contribution in [2.24, 2.45) is 11.8 Å². The van der Waals surface area contributed by atoms with Gasteiger partial charge in [-0.3, -0.25) is 5.43 Å². The first-order chi connectivity index (χ1) is 9.71. The highest BCUT2D eigenvalue weighted by Gasteiger charge is 2.22. The molecule has 0 atom stereocenters. The van der Waals surface area contributed by atoms with E-state index in [-0.39, 0.29) is 6.61 Å². The molecule has 108 valence electrons. The largest absolute Gasteiger partial charge is 0.396 e. The van der Waals surface area contributed by atoms with Crippen molar-refractivity contribution in [3.63, 3.8) is 0 Å². The zero-order valence-electron chi connectivity index (χ0n) is 11.5. The maximum absolute atomic E-state index is 9.24. The molecule has 4 N–H and O–H groups in total. The molecule has 0 radical (unpaired) electrons. The van der Waals surface area contributed by atoms with Gasteiger partial charge in [0.15, 0.2) is 0 Å². The van der Waals surface area contributed by atoms with E-state index in [2.05, 4.69) is 33.3 Å². The summed E-state index contributed by atoms with van der Waals surface area (Å²) >= 11 is 1.65. The number of aliphatic hydroxyl groups is 1. The van der Waals surface area contributed by atoms with Crippen LogP contribution in [0.5, 0.6) is 0 Å². The molecular weight excluding hydrogens is 274 g/mol. The summed E-state index contributed by atoms with van der Waals surface area (Å²) in [6.45, 7) is 4.18. The average Bonchev–Trinajstić information content (AvgIpc) is 2.86. The van der Waals surface area contributed by atoms with Crippen molar-refractivity contribution in [1.82, 2.24) is 9.97 Å². The second-order valence-corrected chi connectivity index (χ2v) is 6.44. The van der Waals surface area contributed by atoms with E-state index in [0.29, 0.717) is 11.9 Å². The Labute approximate surface area is 121 Å². The average molecular weight is 293 g/mol. The van der Waals surface area contributed by atoms with E-state index < -0.39 is 0 Å². The number of hydrogen-bond donors (Lipinski definition) is 3. The first-order valence-electron chi connectivity index (χ1n) is 6.82. The number of anilines is 2. The number of nitrogen functional groups attached to an aromatic ring is 1. The van der Waals surface area contributed by atoms with E-state index in [9.17, 15) is 5.11 Å². The number of aliphatic hydroxyl groups excluding tert-OH is 1. The van der Waals surface area contributed by atoms with Crippen molar-refractivity contribution < 1.29 is 5.11 Å². The molecule has 1 fully saturated rings. The summed E-state index contributed by atoms with van der Waals surface area (Å²) in [6, 6.07) is 2.13. The van der Waals surface area contributed by atoms with E-state index in [1.807, 2.05) is 0 Å². The molecule has 2 aromatic heterocycles. The molecule has 0 aromatic carbocycles. The summed E-state index contributed by atoms with van der Waals surface area (Å²) in [5, 5.41) is 10.3. The zero-order valence-corrected chi connectivity index (χ0v) is 12.3. The zero-order chi connectivity index (χ0) is 14.1. The van der Waals surface area contributed by atoms with Gasteiger partial charge in [0.05, 0.1) is 5.39 Å². The lowest BCUT2D eigenvalue weighted by molar-refractivity contribution is 0.203. The fourth-order valence-corrected chi connectivity index (χ4v) is 3.53. The number of nitrogens with one attached hydrogen (secondary N) is 1. The van der Waals surface area contributed by atoms with Crippen LogP contribution < -0.4 is 16.2 Å². The Kier molecular flexibility index (Phi) is 3.73. The van der Waals surface area contributed by atoms with Gasteiger partial charge in [-0.1, -0.05) is 0 Å². The van der Waals surface area contributed by atoms with Crippen molar-refractivity contribution >= 4 is 33.3 Å². The minimum atomic E-state index is 0.278. The molecule has 0 saturated carbocycles. The van der Waals surface area contributed by atoms with Crippen LogP contribution in [0.15, 0.2) is 6.07 Å². The van der Waals surface area contributed by atoms with Gasteiger partial charge in [-0.15, -0.1) is 11.3 Å². The summed E-state index contributed by atoms with van der Waals surface area (Å²) < 4.78 is 0. The van der Waals surface area contributed by atoms with Crippen LogP contribution >= 0.6 is 11.3 Å². The smallest absolute Gasteiger partial charge is 0.240 e. The molecule has 1 aliphatic heterocycles. The van der Waals surface area contributed by atoms with E-state index in [1.54, 1.807) is 11.3 Å². The Morgan fingerprint density at radius 2 is 2.20 bits per heavy atom. The van der Waals surface area contributed by atoms with E-state index in [1.165, 1.54) is 4.88 Å². The molecule has 0 unspecified atom stereocenters. The normalized spacial score (nSPS) is 16.9. The number of aromatic nitrogens is 2. The molecule has 1 saturated heterocycles. The van der Waals surface area contributed by atoms with Crippen molar-refractivity contribution in [2.75, 3.05) is 30.0 Å². The summed E-state index contributed by atoms with van der Waals surface area (Å²) in [4.78, 5) is 13.4. The molecule has 0 bridgehead atoms. The molecule has 6 nitrogen and oxygen atoms in total. The van der Waals surface area contributed by atoms with Gasteiger partial charge in [-0.05, 0) is 31.7 Å². The van der Waals surface area contributed by atoms with Crippen molar-refractivity contribution in [3.05, 3.63) is 10.9 Å². The van der Waals surface area contributed by atoms with Crippen molar-refractivity contribution in [3.8, 4) is 0 Å². The fraction of sp³-hybridized carbons (Fsp3) is 0.538. The Bertz CT molecular complexity index is 606. The third kappa shape index (κ3) is 2.44. The maximum Gasteiger partial charge on any atom is 0.240 e. The number of hydrogen-bond acceptors (Lipinski definition) is 7.